The predicted octanol–water partition coefficient (Wildman–Crippen LogP) is 3.48. The summed E-state index contributed by atoms with van der Waals surface area (Å²) >= 11 is 0. The van der Waals surface area contributed by atoms with Crippen LogP contribution in [0.1, 0.15) is 15.9 Å². The average Bonchev–Trinajstić information content (AvgIpc) is 2.78. The molecule has 174 valence electrons. The van der Waals surface area contributed by atoms with Crippen LogP contribution >= 0.6 is 0 Å². The summed E-state index contributed by atoms with van der Waals surface area (Å²) in [5, 5.41) is 2.59. The van der Waals surface area contributed by atoms with E-state index in [0.29, 0.717) is 17.0 Å². The fraction of sp³-hybridized carbons (Fsp3) is 0.174. The summed E-state index contributed by atoms with van der Waals surface area (Å²) in [5.41, 5.74) is 1.09. The van der Waals surface area contributed by atoms with E-state index in [1.54, 1.807) is 43.3 Å². The normalized spacial score (nSPS) is 11.6. The minimum atomic E-state index is -4.02. The van der Waals surface area contributed by atoms with Gasteiger partial charge in [0, 0.05) is 18.9 Å². The van der Waals surface area contributed by atoms with Gasteiger partial charge >= 0.3 is 0 Å². The monoisotopic (exact) mass is 488 g/mol. The van der Waals surface area contributed by atoms with Crippen LogP contribution in [0.3, 0.4) is 0 Å². The highest BCUT2D eigenvalue weighted by Crippen LogP contribution is 2.31. The molecule has 0 heterocycles. The molecule has 0 spiro atoms. The quantitative estimate of drug-likeness (QED) is 0.545. The molecule has 0 fully saturated rings. The number of para-hydroxylation sites is 3. The molecule has 0 unspecified atom stereocenters. The van der Waals surface area contributed by atoms with Crippen LogP contribution < -0.4 is 14.4 Å². The Kier molecular flexibility index (Phi) is 6.80. The molecular formula is C23H24N2O6S2. The average molecular weight is 489 g/mol. The predicted molar refractivity (Wildman–Crippen MR) is 127 cm³/mol. The van der Waals surface area contributed by atoms with Crippen molar-refractivity contribution in [2.75, 3.05) is 30.0 Å². The third-order valence-electron chi connectivity index (χ3n) is 5.07. The first kappa shape index (κ1) is 24.3. The lowest BCUT2D eigenvalue weighted by Crippen LogP contribution is -2.27. The van der Waals surface area contributed by atoms with Crippen molar-refractivity contribution in [2.24, 2.45) is 0 Å². The van der Waals surface area contributed by atoms with Crippen molar-refractivity contribution in [3.63, 3.8) is 0 Å². The molecule has 0 aliphatic heterocycles. The molecule has 0 bridgehead atoms. The van der Waals surface area contributed by atoms with Crippen molar-refractivity contribution in [3.05, 3.63) is 77.9 Å². The second kappa shape index (κ2) is 9.24. The van der Waals surface area contributed by atoms with E-state index in [4.69, 9.17) is 4.74 Å². The molecule has 0 aliphatic carbocycles. The zero-order valence-corrected chi connectivity index (χ0v) is 20.2. The summed E-state index contributed by atoms with van der Waals surface area (Å²) in [4.78, 5) is 12.9. The molecule has 33 heavy (non-hydrogen) atoms. The van der Waals surface area contributed by atoms with Crippen LogP contribution in [0.4, 0.5) is 11.4 Å². The number of sulfonamides is 1. The van der Waals surface area contributed by atoms with Gasteiger partial charge in [-0.25, -0.2) is 16.8 Å². The van der Waals surface area contributed by atoms with E-state index >= 15 is 0 Å². The highest BCUT2D eigenvalue weighted by molar-refractivity contribution is 7.92. The Morgan fingerprint density at radius 1 is 0.939 bits per heavy atom. The number of hydrogen-bond donors (Lipinski definition) is 1. The molecular weight excluding hydrogens is 464 g/mol. The first-order valence-electron chi connectivity index (χ1n) is 9.80. The number of carbonyl (C=O) groups is 1. The molecule has 0 radical (unpaired) electrons. The van der Waals surface area contributed by atoms with Crippen molar-refractivity contribution >= 4 is 37.1 Å². The maximum atomic E-state index is 13.3. The van der Waals surface area contributed by atoms with Crippen LogP contribution in [-0.2, 0) is 19.9 Å². The van der Waals surface area contributed by atoms with Gasteiger partial charge in [-0.05, 0) is 48.9 Å². The van der Waals surface area contributed by atoms with E-state index in [9.17, 15) is 21.6 Å². The molecule has 0 atom stereocenters. The SMILES string of the molecule is COc1ccccc1N(C)S(=O)(=O)c1ccc(C)c(C(=O)Nc2ccccc2S(C)(=O)=O)c1. The lowest BCUT2D eigenvalue weighted by atomic mass is 10.1. The van der Waals surface area contributed by atoms with E-state index in [0.717, 1.165) is 10.6 Å². The third kappa shape index (κ3) is 5.01. The molecule has 3 rings (SSSR count). The summed E-state index contributed by atoms with van der Waals surface area (Å²) in [7, 11) is -4.76. The van der Waals surface area contributed by atoms with Gasteiger partial charge in [0.15, 0.2) is 9.84 Å². The van der Waals surface area contributed by atoms with Crippen molar-refractivity contribution in [1.82, 2.24) is 0 Å². The number of ether oxygens (including phenoxy) is 1. The summed E-state index contributed by atoms with van der Waals surface area (Å²) in [6.45, 7) is 1.66. The Labute approximate surface area is 193 Å². The van der Waals surface area contributed by atoms with E-state index < -0.39 is 25.8 Å². The molecule has 0 saturated heterocycles. The number of anilines is 2. The largest absolute Gasteiger partial charge is 0.495 e. The van der Waals surface area contributed by atoms with E-state index in [1.807, 2.05) is 0 Å². The maximum Gasteiger partial charge on any atom is 0.264 e. The van der Waals surface area contributed by atoms with Crippen LogP contribution in [0.5, 0.6) is 5.75 Å². The van der Waals surface area contributed by atoms with Gasteiger partial charge in [0.25, 0.3) is 15.9 Å². The fourth-order valence-corrected chi connectivity index (χ4v) is 5.34. The second-order valence-electron chi connectivity index (χ2n) is 7.34. The van der Waals surface area contributed by atoms with E-state index in [1.165, 1.54) is 44.5 Å². The summed E-state index contributed by atoms with van der Waals surface area (Å²) < 4.78 is 57.0. The van der Waals surface area contributed by atoms with Crippen LogP contribution in [0, 0.1) is 6.92 Å². The minimum Gasteiger partial charge on any atom is -0.495 e. The van der Waals surface area contributed by atoms with E-state index in [-0.39, 0.29) is 21.0 Å². The molecule has 0 aliphatic rings. The number of methoxy groups -OCH3 is 1. The third-order valence-corrected chi connectivity index (χ3v) is 7.99. The van der Waals surface area contributed by atoms with E-state index in [2.05, 4.69) is 5.32 Å². The van der Waals surface area contributed by atoms with Crippen LogP contribution in [0.15, 0.2) is 76.5 Å². The van der Waals surface area contributed by atoms with Gasteiger partial charge in [-0.2, -0.15) is 0 Å². The van der Waals surface area contributed by atoms with Gasteiger partial charge < -0.3 is 10.1 Å². The van der Waals surface area contributed by atoms with Gasteiger partial charge in [0.2, 0.25) is 0 Å². The highest BCUT2D eigenvalue weighted by atomic mass is 32.2. The molecule has 3 aromatic carbocycles. The van der Waals surface area contributed by atoms with Crippen LogP contribution in [0.25, 0.3) is 0 Å². The summed E-state index contributed by atoms with van der Waals surface area (Å²) in [5.74, 6) is -0.244. The maximum absolute atomic E-state index is 13.3. The Morgan fingerprint density at radius 3 is 2.24 bits per heavy atom. The van der Waals surface area contributed by atoms with Crippen LogP contribution in [0.2, 0.25) is 0 Å². The summed E-state index contributed by atoms with van der Waals surface area (Å²) in [6.07, 6.45) is 1.05. The molecule has 10 heteroatoms. The molecule has 1 N–H and O–H groups in total. The van der Waals surface area contributed by atoms with Gasteiger partial charge in [0.05, 0.1) is 28.3 Å². The second-order valence-corrected chi connectivity index (χ2v) is 11.3. The summed E-state index contributed by atoms with van der Waals surface area (Å²) in [6, 6.07) is 16.9. The number of nitrogens with zero attached hydrogens (tertiary/aromatic N) is 1. The van der Waals surface area contributed by atoms with Crippen molar-refractivity contribution in [1.29, 1.82) is 0 Å². The lowest BCUT2D eigenvalue weighted by Gasteiger charge is -2.22. The fourth-order valence-electron chi connectivity index (χ4n) is 3.27. The highest BCUT2D eigenvalue weighted by Gasteiger charge is 2.25. The number of rotatable bonds is 7. The molecule has 8 nitrogen and oxygen atoms in total. The number of benzene rings is 3. The Balaban J connectivity index is 2.00. The van der Waals surface area contributed by atoms with Crippen LogP contribution in [-0.4, -0.2) is 43.2 Å². The zero-order chi connectivity index (χ0) is 24.4. The Hall–Kier alpha value is -3.37. The molecule has 0 saturated carbocycles. The molecule has 1 amide bonds. The van der Waals surface area contributed by atoms with Crippen molar-refractivity contribution in [3.8, 4) is 5.75 Å². The molecule has 3 aromatic rings. The number of nitrogens with one attached hydrogen (secondary N) is 1. The standard InChI is InChI=1S/C23H24N2O6S2/c1-16-13-14-17(33(29,30)25(2)20-10-6-7-11-21(20)31-3)15-18(16)23(26)24-19-9-5-8-12-22(19)32(4,27)28/h5-15H,1-4H3,(H,24,26). The zero-order valence-electron chi connectivity index (χ0n) is 18.6. The first-order chi connectivity index (χ1) is 15.5. The molecule has 0 aromatic heterocycles. The number of carbonyl (C=O) groups excluding carboxylic acids is 1. The number of sulfone groups is 1. The number of hydrogen-bond acceptors (Lipinski definition) is 6. The van der Waals surface area contributed by atoms with Gasteiger partial charge in [0.1, 0.15) is 5.75 Å². The minimum absolute atomic E-state index is 0.0318. The Bertz CT molecular complexity index is 1420. The smallest absolute Gasteiger partial charge is 0.264 e. The Morgan fingerprint density at radius 2 is 1.58 bits per heavy atom. The van der Waals surface area contributed by atoms with Gasteiger partial charge in [-0.3, -0.25) is 9.10 Å². The van der Waals surface area contributed by atoms with Gasteiger partial charge in [-0.15, -0.1) is 0 Å². The topological polar surface area (TPSA) is 110 Å². The first-order valence-corrected chi connectivity index (χ1v) is 13.1. The number of amides is 1. The van der Waals surface area contributed by atoms with Crippen molar-refractivity contribution < 1.29 is 26.4 Å². The number of aryl methyl sites for hydroxylation is 1. The lowest BCUT2D eigenvalue weighted by molar-refractivity contribution is 0.102. The van der Waals surface area contributed by atoms with Gasteiger partial charge in [-0.1, -0.05) is 30.3 Å². The van der Waals surface area contributed by atoms with Crippen molar-refractivity contribution in [2.45, 2.75) is 16.7 Å².